The van der Waals surface area contributed by atoms with Crippen LogP contribution in [0.25, 0.3) is 99.9 Å². The minimum atomic E-state index is 0.580. The van der Waals surface area contributed by atoms with Gasteiger partial charge in [-0.15, -0.1) is 0 Å². The van der Waals surface area contributed by atoms with Gasteiger partial charge in [0.1, 0.15) is 22.3 Å². The number of furan rings is 2. The molecule has 0 saturated heterocycles. The maximum atomic E-state index is 6.58. The van der Waals surface area contributed by atoms with Crippen LogP contribution in [-0.2, 0) is 0 Å². The standard InChI is InChI=1S/C43H25N3O2/c1-2-11-27(12-3-1)31-21-22-34(39-33-15-7-9-17-37(33)48-40(31)39)43-45-41(29-19-18-26-10-4-5-13-28(26)24-29)44-42(46-43)30-20-23-38-35(25-30)32-14-6-8-16-36(32)47-38/h1-25H. The van der Waals surface area contributed by atoms with Gasteiger partial charge in [-0.05, 0) is 64.9 Å². The smallest absolute Gasteiger partial charge is 0.164 e. The lowest BCUT2D eigenvalue weighted by Crippen LogP contribution is -2.00. The monoisotopic (exact) mass is 615 g/mol. The van der Waals surface area contributed by atoms with Crippen LogP contribution in [0.5, 0.6) is 0 Å². The summed E-state index contributed by atoms with van der Waals surface area (Å²) in [6.45, 7) is 0. The Bertz CT molecular complexity index is 2850. The molecule has 0 spiro atoms. The molecule has 0 unspecified atom stereocenters. The van der Waals surface area contributed by atoms with E-state index in [0.717, 1.165) is 82.5 Å². The van der Waals surface area contributed by atoms with Crippen molar-refractivity contribution in [3.8, 4) is 45.3 Å². The highest BCUT2D eigenvalue weighted by Crippen LogP contribution is 2.42. The second-order valence-corrected chi connectivity index (χ2v) is 12.0. The Balaban J connectivity index is 1.25. The first-order valence-corrected chi connectivity index (χ1v) is 15.9. The third-order valence-electron chi connectivity index (χ3n) is 9.13. The molecule has 3 aromatic heterocycles. The third kappa shape index (κ3) is 4.22. The van der Waals surface area contributed by atoms with Crippen LogP contribution >= 0.6 is 0 Å². The molecule has 0 aliphatic rings. The van der Waals surface area contributed by atoms with Crippen LogP contribution in [0, 0.1) is 0 Å². The Morgan fingerprint density at radius 2 is 0.958 bits per heavy atom. The average molecular weight is 616 g/mol. The number of nitrogens with zero attached hydrogens (tertiary/aromatic N) is 3. The molecule has 0 aliphatic heterocycles. The lowest BCUT2D eigenvalue weighted by Gasteiger charge is -2.11. The highest BCUT2D eigenvalue weighted by molar-refractivity contribution is 6.16. The van der Waals surface area contributed by atoms with Gasteiger partial charge in [-0.1, -0.05) is 103 Å². The van der Waals surface area contributed by atoms with E-state index in [-0.39, 0.29) is 0 Å². The molecule has 0 fully saturated rings. The number of hydrogen-bond donors (Lipinski definition) is 0. The second-order valence-electron chi connectivity index (χ2n) is 12.0. The summed E-state index contributed by atoms with van der Waals surface area (Å²) in [5, 5.41) is 6.36. The van der Waals surface area contributed by atoms with E-state index in [2.05, 4.69) is 84.9 Å². The van der Waals surface area contributed by atoms with Crippen molar-refractivity contribution >= 4 is 54.6 Å². The Morgan fingerprint density at radius 1 is 0.354 bits per heavy atom. The summed E-state index contributed by atoms with van der Waals surface area (Å²) in [6.07, 6.45) is 0. The molecule has 0 amide bonds. The van der Waals surface area contributed by atoms with Crippen molar-refractivity contribution in [2.75, 3.05) is 0 Å². The summed E-state index contributed by atoms with van der Waals surface area (Å²) in [5.74, 6) is 1.77. The van der Waals surface area contributed by atoms with E-state index in [0.29, 0.717) is 17.5 Å². The maximum absolute atomic E-state index is 6.58. The lowest BCUT2D eigenvalue weighted by molar-refractivity contribution is 0.669. The van der Waals surface area contributed by atoms with Gasteiger partial charge in [0.25, 0.3) is 0 Å². The molecule has 0 bridgehead atoms. The van der Waals surface area contributed by atoms with Crippen LogP contribution in [0.15, 0.2) is 160 Å². The highest BCUT2D eigenvalue weighted by Gasteiger charge is 2.21. The molecule has 7 aromatic carbocycles. The van der Waals surface area contributed by atoms with Crippen LogP contribution in [0.4, 0.5) is 0 Å². The molecule has 5 nitrogen and oxygen atoms in total. The van der Waals surface area contributed by atoms with Crippen molar-refractivity contribution in [2.45, 2.75) is 0 Å². The molecule has 0 aliphatic carbocycles. The minimum Gasteiger partial charge on any atom is -0.456 e. The first kappa shape index (κ1) is 26.6. The largest absolute Gasteiger partial charge is 0.456 e. The SMILES string of the molecule is c1ccc(-c2ccc(-c3nc(-c4ccc5ccccc5c4)nc(-c4ccc5oc6ccccc6c5c4)n3)c3c2oc2ccccc23)cc1. The molecule has 48 heavy (non-hydrogen) atoms. The number of rotatable bonds is 4. The normalized spacial score (nSPS) is 11.8. The molecule has 224 valence electrons. The zero-order valence-corrected chi connectivity index (χ0v) is 25.6. The molecular formula is C43H25N3O2. The minimum absolute atomic E-state index is 0.580. The molecular weight excluding hydrogens is 590 g/mol. The third-order valence-corrected chi connectivity index (χ3v) is 9.13. The van der Waals surface area contributed by atoms with Gasteiger partial charge in [-0.2, -0.15) is 0 Å². The lowest BCUT2D eigenvalue weighted by atomic mass is 9.98. The summed E-state index contributed by atoms with van der Waals surface area (Å²) in [4.78, 5) is 15.4. The molecule has 0 atom stereocenters. The van der Waals surface area contributed by atoms with E-state index in [1.807, 2.05) is 66.7 Å². The average Bonchev–Trinajstić information content (AvgIpc) is 3.73. The van der Waals surface area contributed by atoms with Gasteiger partial charge in [-0.3, -0.25) is 0 Å². The Kier molecular flexibility index (Phi) is 5.81. The molecule has 10 rings (SSSR count). The zero-order chi connectivity index (χ0) is 31.6. The fraction of sp³-hybridized carbons (Fsp3) is 0. The second kappa shape index (κ2) is 10.5. The number of para-hydroxylation sites is 2. The number of hydrogen-bond acceptors (Lipinski definition) is 5. The van der Waals surface area contributed by atoms with Crippen molar-refractivity contribution in [1.82, 2.24) is 15.0 Å². The molecule has 3 heterocycles. The summed E-state index contributed by atoms with van der Waals surface area (Å²) in [5.41, 5.74) is 8.09. The molecule has 5 heteroatoms. The first-order chi connectivity index (χ1) is 23.8. The van der Waals surface area contributed by atoms with Crippen LogP contribution in [0.3, 0.4) is 0 Å². The predicted octanol–water partition coefficient (Wildman–Crippen LogP) is 11.5. The van der Waals surface area contributed by atoms with Gasteiger partial charge in [-0.25, -0.2) is 15.0 Å². The molecule has 0 saturated carbocycles. The molecule has 0 radical (unpaired) electrons. The number of fused-ring (bicyclic) bond motifs is 7. The Morgan fingerprint density at radius 3 is 1.79 bits per heavy atom. The Labute approximate surface area is 274 Å². The Hall–Kier alpha value is -6.59. The summed E-state index contributed by atoms with van der Waals surface area (Å²) in [7, 11) is 0. The summed E-state index contributed by atoms with van der Waals surface area (Å²) >= 11 is 0. The summed E-state index contributed by atoms with van der Waals surface area (Å²) in [6, 6.07) is 51.6. The molecule has 0 N–H and O–H groups in total. The van der Waals surface area contributed by atoms with Gasteiger partial charge >= 0.3 is 0 Å². The van der Waals surface area contributed by atoms with Gasteiger partial charge in [0.05, 0.1) is 0 Å². The van der Waals surface area contributed by atoms with E-state index in [4.69, 9.17) is 23.8 Å². The van der Waals surface area contributed by atoms with Gasteiger partial charge in [0.15, 0.2) is 17.5 Å². The quantitative estimate of drug-likeness (QED) is 0.197. The van der Waals surface area contributed by atoms with Crippen LogP contribution in [-0.4, -0.2) is 15.0 Å². The van der Waals surface area contributed by atoms with Crippen molar-refractivity contribution in [3.63, 3.8) is 0 Å². The number of aromatic nitrogens is 3. The maximum Gasteiger partial charge on any atom is 0.164 e. The van der Waals surface area contributed by atoms with E-state index in [1.165, 1.54) is 0 Å². The van der Waals surface area contributed by atoms with Crippen LogP contribution in [0.1, 0.15) is 0 Å². The van der Waals surface area contributed by atoms with E-state index < -0.39 is 0 Å². The fourth-order valence-corrected chi connectivity index (χ4v) is 6.81. The van der Waals surface area contributed by atoms with Gasteiger partial charge < -0.3 is 8.83 Å². The zero-order valence-electron chi connectivity index (χ0n) is 25.6. The highest BCUT2D eigenvalue weighted by atomic mass is 16.3. The van der Waals surface area contributed by atoms with Crippen molar-refractivity contribution in [1.29, 1.82) is 0 Å². The summed E-state index contributed by atoms with van der Waals surface area (Å²) < 4.78 is 12.7. The predicted molar refractivity (Wildman–Crippen MR) is 194 cm³/mol. The van der Waals surface area contributed by atoms with E-state index in [9.17, 15) is 0 Å². The molecule has 10 aromatic rings. The topological polar surface area (TPSA) is 65.0 Å². The van der Waals surface area contributed by atoms with Crippen molar-refractivity contribution < 1.29 is 8.83 Å². The van der Waals surface area contributed by atoms with E-state index >= 15 is 0 Å². The number of benzene rings is 7. The first-order valence-electron chi connectivity index (χ1n) is 15.9. The van der Waals surface area contributed by atoms with Gasteiger partial charge in [0.2, 0.25) is 0 Å². The van der Waals surface area contributed by atoms with Crippen molar-refractivity contribution in [3.05, 3.63) is 152 Å². The van der Waals surface area contributed by atoms with Crippen LogP contribution in [0.2, 0.25) is 0 Å². The van der Waals surface area contributed by atoms with E-state index in [1.54, 1.807) is 0 Å². The van der Waals surface area contributed by atoms with Crippen molar-refractivity contribution in [2.24, 2.45) is 0 Å². The fourth-order valence-electron chi connectivity index (χ4n) is 6.81. The van der Waals surface area contributed by atoms with Crippen LogP contribution < -0.4 is 0 Å². The van der Waals surface area contributed by atoms with Gasteiger partial charge in [0, 0.05) is 43.8 Å².